The van der Waals surface area contributed by atoms with E-state index in [4.69, 9.17) is 0 Å². The molecule has 0 unspecified atom stereocenters. The Balaban J connectivity index is 0.000000461. The van der Waals surface area contributed by atoms with Crippen molar-refractivity contribution < 1.29 is 0 Å². The summed E-state index contributed by atoms with van der Waals surface area (Å²) >= 11 is 1.79. The van der Waals surface area contributed by atoms with Gasteiger partial charge in [0.1, 0.15) is 0 Å². The molecule has 108 valence electrons. The fraction of sp³-hybridized carbons (Fsp3) is 0.333. The Bertz CT molecular complexity index is 646. The van der Waals surface area contributed by atoms with Crippen molar-refractivity contribution in [2.75, 3.05) is 0 Å². The van der Waals surface area contributed by atoms with E-state index in [1.807, 2.05) is 27.7 Å². The van der Waals surface area contributed by atoms with Gasteiger partial charge >= 0.3 is 0 Å². The molecule has 0 atom stereocenters. The fourth-order valence-corrected chi connectivity index (χ4v) is 2.70. The Hall–Kier alpha value is -1.54. The smallest absolute Gasteiger partial charge is 0.0565 e. The number of hydrogen-bond acceptors (Lipinski definition) is 1. The van der Waals surface area contributed by atoms with Crippen LogP contribution in [-0.2, 0) is 0 Å². The van der Waals surface area contributed by atoms with Gasteiger partial charge in [0.2, 0.25) is 0 Å². The highest BCUT2D eigenvalue weighted by molar-refractivity contribution is 7.10. The Labute approximate surface area is 126 Å². The molecule has 0 radical (unpaired) electrons. The summed E-state index contributed by atoms with van der Waals surface area (Å²) in [4.78, 5) is 1.35. The number of thiophene rings is 1. The van der Waals surface area contributed by atoms with Gasteiger partial charge in [0.15, 0.2) is 0 Å². The first kappa shape index (κ1) is 16.5. The quantitative estimate of drug-likeness (QED) is 0.490. The van der Waals surface area contributed by atoms with E-state index in [1.165, 1.54) is 27.0 Å². The maximum atomic E-state index is 2.26. The van der Waals surface area contributed by atoms with Gasteiger partial charge in [0.25, 0.3) is 0 Å². The highest BCUT2D eigenvalue weighted by Crippen LogP contribution is 2.24. The van der Waals surface area contributed by atoms with Crippen molar-refractivity contribution in [1.29, 1.82) is 0 Å². The van der Waals surface area contributed by atoms with E-state index in [0.717, 1.165) is 0 Å². The van der Waals surface area contributed by atoms with Crippen LogP contribution in [-0.4, -0.2) is 4.57 Å². The van der Waals surface area contributed by atoms with Crippen LogP contribution in [0.2, 0.25) is 0 Å². The molecule has 2 heterocycles. The van der Waals surface area contributed by atoms with Crippen molar-refractivity contribution in [3.8, 4) is 5.69 Å². The lowest BCUT2D eigenvalue weighted by atomic mass is 10.2. The number of nitrogens with zero attached hydrogens (tertiary/aromatic N) is 1. The standard InChI is InChI=1S/C14H13NS.2C2H6/c1-10-3-4-12-5-6-15(14(12)7-10)13-8-11(2)16-9-13;2*1-2/h3-9H,1-2H3;2*1-2H3. The van der Waals surface area contributed by atoms with E-state index >= 15 is 0 Å². The number of rotatable bonds is 1. The maximum Gasteiger partial charge on any atom is 0.0565 e. The van der Waals surface area contributed by atoms with Crippen molar-refractivity contribution in [2.45, 2.75) is 41.5 Å². The monoisotopic (exact) mass is 287 g/mol. The largest absolute Gasteiger partial charge is 0.316 e. The minimum atomic E-state index is 1.27. The third kappa shape index (κ3) is 3.51. The molecule has 0 bridgehead atoms. The molecule has 0 aliphatic carbocycles. The van der Waals surface area contributed by atoms with Gasteiger partial charge in [0, 0.05) is 16.5 Å². The molecule has 3 rings (SSSR count). The summed E-state index contributed by atoms with van der Waals surface area (Å²) < 4.78 is 2.26. The summed E-state index contributed by atoms with van der Waals surface area (Å²) in [5.74, 6) is 0. The van der Waals surface area contributed by atoms with Crippen molar-refractivity contribution >= 4 is 22.2 Å². The predicted molar refractivity (Wildman–Crippen MR) is 93.3 cm³/mol. The summed E-state index contributed by atoms with van der Waals surface area (Å²) in [5, 5.41) is 3.51. The molecular formula is C18H25NS. The molecule has 0 aliphatic heterocycles. The van der Waals surface area contributed by atoms with Gasteiger partial charge in [-0.1, -0.05) is 39.8 Å². The highest BCUT2D eigenvalue weighted by atomic mass is 32.1. The van der Waals surface area contributed by atoms with Gasteiger partial charge in [-0.05, 0) is 43.0 Å². The number of aromatic nitrogens is 1. The first-order chi connectivity index (χ1) is 9.74. The highest BCUT2D eigenvalue weighted by Gasteiger charge is 2.04. The third-order valence-corrected chi connectivity index (χ3v) is 3.69. The molecule has 2 heteroatoms. The second-order valence-corrected chi connectivity index (χ2v) is 5.28. The number of fused-ring (bicyclic) bond motifs is 1. The summed E-state index contributed by atoms with van der Waals surface area (Å²) in [6.07, 6.45) is 2.14. The molecule has 0 spiro atoms. The molecule has 0 amide bonds. The molecule has 0 fully saturated rings. The van der Waals surface area contributed by atoms with Crippen LogP contribution in [0.5, 0.6) is 0 Å². The van der Waals surface area contributed by atoms with Crippen LogP contribution < -0.4 is 0 Å². The van der Waals surface area contributed by atoms with Crippen LogP contribution in [0, 0.1) is 13.8 Å². The van der Waals surface area contributed by atoms with Gasteiger partial charge in [-0.25, -0.2) is 0 Å². The molecular weight excluding hydrogens is 262 g/mol. The Morgan fingerprint density at radius 3 is 2.20 bits per heavy atom. The zero-order chi connectivity index (χ0) is 15.1. The molecule has 3 aromatic rings. The van der Waals surface area contributed by atoms with Gasteiger partial charge < -0.3 is 4.57 Å². The van der Waals surface area contributed by atoms with E-state index in [0.29, 0.717) is 0 Å². The lowest BCUT2D eigenvalue weighted by molar-refractivity contribution is 1.14. The number of benzene rings is 1. The fourth-order valence-electron chi connectivity index (χ4n) is 2.02. The summed E-state index contributed by atoms with van der Waals surface area (Å²) in [5.41, 5.74) is 3.86. The zero-order valence-corrected chi connectivity index (χ0v) is 14.2. The molecule has 1 nitrogen and oxygen atoms in total. The minimum absolute atomic E-state index is 1.27. The predicted octanol–water partition coefficient (Wildman–Crippen LogP) is 6.36. The average Bonchev–Trinajstić information content (AvgIpc) is 3.09. The van der Waals surface area contributed by atoms with Crippen molar-refractivity contribution in [2.24, 2.45) is 0 Å². The third-order valence-electron chi connectivity index (χ3n) is 2.84. The molecule has 0 saturated carbocycles. The first-order valence-corrected chi connectivity index (χ1v) is 8.25. The maximum absolute atomic E-state index is 2.26. The summed E-state index contributed by atoms with van der Waals surface area (Å²) in [6.45, 7) is 12.3. The SMILES string of the molecule is CC.CC.Cc1ccc2ccn(-c3csc(C)c3)c2c1. The van der Waals surface area contributed by atoms with Crippen LogP contribution in [0.3, 0.4) is 0 Å². The van der Waals surface area contributed by atoms with Gasteiger partial charge in [-0.2, -0.15) is 0 Å². The molecule has 0 N–H and O–H groups in total. The molecule has 2 aromatic heterocycles. The number of aryl methyl sites for hydroxylation is 2. The minimum Gasteiger partial charge on any atom is -0.316 e. The van der Waals surface area contributed by atoms with Gasteiger partial charge in [-0.3, -0.25) is 0 Å². The van der Waals surface area contributed by atoms with Crippen LogP contribution in [0.15, 0.2) is 41.9 Å². The second kappa shape index (κ2) is 7.91. The van der Waals surface area contributed by atoms with Gasteiger partial charge in [-0.15, -0.1) is 11.3 Å². The van der Waals surface area contributed by atoms with Crippen LogP contribution in [0.4, 0.5) is 0 Å². The van der Waals surface area contributed by atoms with E-state index in [9.17, 15) is 0 Å². The first-order valence-electron chi connectivity index (χ1n) is 7.37. The van der Waals surface area contributed by atoms with Crippen molar-refractivity contribution in [3.05, 3.63) is 52.3 Å². The zero-order valence-electron chi connectivity index (χ0n) is 13.4. The van der Waals surface area contributed by atoms with E-state index in [1.54, 1.807) is 11.3 Å². The van der Waals surface area contributed by atoms with Gasteiger partial charge in [0.05, 0.1) is 11.2 Å². The number of hydrogen-bond donors (Lipinski definition) is 0. The van der Waals surface area contributed by atoms with Crippen LogP contribution in [0.1, 0.15) is 38.1 Å². The van der Waals surface area contributed by atoms with Crippen LogP contribution in [0.25, 0.3) is 16.6 Å². The van der Waals surface area contributed by atoms with E-state index < -0.39 is 0 Å². The lowest BCUT2D eigenvalue weighted by Crippen LogP contribution is -1.88. The topological polar surface area (TPSA) is 4.93 Å². The molecule has 1 aromatic carbocycles. The second-order valence-electron chi connectivity index (χ2n) is 4.16. The molecule has 20 heavy (non-hydrogen) atoms. The Morgan fingerprint density at radius 1 is 0.900 bits per heavy atom. The average molecular weight is 287 g/mol. The van der Waals surface area contributed by atoms with Crippen molar-refractivity contribution in [1.82, 2.24) is 4.57 Å². The van der Waals surface area contributed by atoms with Crippen LogP contribution >= 0.6 is 11.3 Å². The lowest BCUT2D eigenvalue weighted by Gasteiger charge is -2.02. The molecule has 0 saturated heterocycles. The summed E-state index contributed by atoms with van der Waals surface area (Å²) in [7, 11) is 0. The Kier molecular flexibility index (Phi) is 6.53. The van der Waals surface area contributed by atoms with E-state index in [-0.39, 0.29) is 0 Å². The normalized spacial score (nSPS) is 9.50. The molecule has 0 aliphatic rings. The Morgan fingerprint density at radius 2 is 1.60 bits per heavy atom. The van der Waals surface area contributed by atoms with E-state index in [2.05, 4.69) is 60.3 Å². The van der Waals surface area contributed by atoms with Crippen molar-refractivity contribution in [3.63, 3.8) is 0 Å². The summed E-state index contributed by atoms with van der Waals surface area (Å²) in [6, 6.07) is 11.0.